The molecule has 0 aromatic heterocycles. The van der Waals surface area contributed by atoms with Gasteiger partial charge in [0.25, 0.3) is 0 Å². The third-order valence-corrected chi connectivity index (χ3v) is 21.9. The van der Waals surface area contributed by atoms with Gasteiger partial charge < -0.3 is 89.9 Å². The lowest BCUT2D eigenvalue weighted by Gasteiger charge is -2.48. The maximum atomic E-state index is 13.5. The second-order valence-electron chi connectivity index (χ2n) is 31.3. The summed E-state index contributed by atoms with van der Waals surface area (Å²) in [6.07, 6.45) is 57.3. The standard InChI is InChI=1S/C86H161NO18/c1-3-5-7-9-11-13-15-17-19-21-23-25-27-29-31-32-33-34-35-36-38-39-41-43-45-47-49-51-53-55-57-59-61-63-70(91)69(87-74(92)64-62-60-58-56-54-52-50-48-46-44-42-40-37-30-28-26-24-22-20-18-16-14-12-10-8-6-4-2)68-100-84-80(98)77(95)82(72(66-89)102-84)105-86-81(99)78(96)83(73(67-90)103-86)104-85-79(97)76(94)75(93)71(65-88)101-85/h22,24,53,55,61,63,69-73,75-86,88-91,93-99H,3-21,23,25-52,54,56-60,62,64-68H2,1-2H3,(H,87,92)/b24-22-,55-53+,63-61+. The Morgan fingerprint density at radius 1 is 0.333 bits per heavy atom. The van der Waals surface area contributed by atoms with E-state index in [1.165, 1.54) is 302 Å². The second-order valence-corrected chi connectivity index (χ2v) is 31.3. The lowest BCUT2D eigenvalue weighted by atomic mass is 9.96. The average Bonchev–Trinajstić information content (AvgIpc) is 0.781. The van der Waals surface area contributed by atoms with Gasteiger partial charge in [0, 0.05) is 6.42 Å². The minimum absolute atomic E-state index is 0.238. The topological polar surface area (TPSA) is 307 Å². The molecule has 3 fully saturated rings. The van der Waals surface area contributed by atoms with Crippen molar-refractivity contribution in [3.8, 4) is 0 Å². The van der Waals surface area contributed by atoms with Crippen LogP contribution in [0, 0.1) is 0 Å². The molecule has 0 aliphatic carbocycles. The van der Waals surface area contributed by atoms with Crippen molar-refractivity contribution in [2.45, 2.75) is 478 Å². The van der Waals surface area contributed by atoms with Crippen LogP contribution in [0.2, 0.25) is 0 Å². The maximum Gasteiger partial charge on any atom is 0.220 e. The van der Waals surface area contributed by atoms with Crippen LogP contribution in [-0.4, -0.2) is 193 Å². The minimum atomic E-state index is -1.98. The van der Waals surface area contributed by atoms with Gasteiger partial charge in [0.2, 0.25) is 5.91 Å². The summed E-state index contributed by atoms with van der Waals surface area (Å²) in [5, 5.41) is 121. The molecule has 17 atom stereocenters. The molecule has 3 saturated heterocycles. The Kier molecular flexibility index (Phi) is 61.7. The highest BCUT2D eigenvalue weighted by Crippen LogP contribution is 2.33. The van der Waals surface area contributed by atoms with Crippen molar-refractivity contribution < 1.29 is 89.4 Å². The Labute approximate surface area is 638 Å². The summed E-state index contributed by atoms with van der Waals surface area (Å²) < 4.78 is 34.5. The van der Waals surface area contributed by atoms with E-state index in [0.717, 1.165) is 38.5 Å². The average molecular weight is 1500 g/mol. The van der Waals surface area contributed by atoms with Gasteiger partial charge in [-0.15, -0.1) is 0 Å². The van der Waals surface area contributed by atoms with Crippen molar-refractivity contribution >= 4 is 5.91 Å². The van der Waals surface area contributed by atoms with E-state index >= 15 is 0 Å². The van der Waals surface area contributed by atoms with E-state index in [9.17, 15) is 61.0 Å². The number of hydrogen-bond acceptors (Lipinski definition) is 18. The molecule has 0 radical (unpaired) electrons. The van der Waals surface area contributed by atoms with Crippen LogP contribution >= 0.6 is 0 Å². The molecule has 12 N–H and O–H groups in total. The van der Waals surface area contributed by atoms with E-state index in [2.05, 4.69) is 43.5 Å². The van der Waals surface area contributed by atoms with Crippen LogP contribution in [0.3, 0.4) is 0 Å². The van der Waals surface area contributed by atoms with Crippen LogP contribution in [-0.2, 0) is 33.2 Å². The molecule has 618 valence electrons. The molecule has 19 heteroatoms. The van der Waals surface area contributed by atoms with Gasteiger partial charge in [-0.25, -0.2) is 0 Å². The summed E-state index contributed by atoms with van der Waals surface area (Å²) >= 11 is 0. The predicted octanol–water partition coefficient (Wildman–Crippen LogP) is 15.9. The fourth-order valence-corrected chi connectivity index (χ4v) is 14.9. The largest absolute Gasteiger partial charge is 0.394 e. The smallest absolute Gasteiger partial charge is 0.220 e. The van der Waals surface area contributed by atoms with Gasteiger partial charge in [0.05, 0.1) is 38.6 Å². The number of rotatable bonds is 71. The lowest BCUT2D eigenvalue weighted by molar-refractivity contribution is -0.379. The molecule has 1 amide bonds. The van der Waals surface area contributed by atoms with E-state index < -0.39 is 124 Å². The van der Waals surface area contributed by atoms with Crippen LogP contribution in [0.25, 0.3) is 0 Å². The highest BCUT2D eigenvalue weighted by Gasteiger charge is 2.54. The van der Waals surface area contributed by atoms with E-state index in [-0.39, 0.29) is 18.9 Å². The van der Waals surface area contributed by atoms with Gasteiger partial charge in [-0.05, 0) is 57.8 Å². The Morgan fingerprint density at radius 2 is 0.610 bits per heavy atom. The van der Waals surface area contributed by atoms with Crippen molar-refractivity contribution in [1.29, 1.82) is 0 Å². The predicted molar refractivity (Wildman–Crippen MR) is 420 cm³/mol. The molecule has 0 bridgehead atoms. The van der Waals surface area contributed by atoms with Crippen LogP contribution < -0.4 is 5.32 Å². The molecule has 3 aliphatic rings. The summed E-state index contributed by atoms with van der Waals surface area (Å²) in [6.45, 7) is 1.78. The number of hydrogen-bond donors (Lipinski definition) is 12. The number of ether oxygens (including phenoxy) is 6. The number of aliphatic hydroxyl groups is 11. The van der Waals surface area contributed by atoms with E-state index in [0.29, 0.717) is 12.8 Å². The molecule has 0 aromatic rings. The monoisotopic (exact) mass is 1500 g/mol. The number of unbranched alkanes of at least 4 members (excludes halogenated alkanes) is 51. The van der Waals surface area contributed by atoms with Gasteiger partial charge in [0.1, 0.15) is 73.2 Å². The SMILES string of the molecule is CCCCCCCCCC/C=C\CCCCCCCCCCCCCCCCCC(=O)NC(COC1OC(CO)C(OC2OC(CO)C(OC3OC(CO)C(O)C(O)C3O)C(O)C2O)C(O)C1O)C(O)/C=C/CC/C=C/CCCCCCCCCCCCCCCCCCCCCCCCCCCCC. The normalized spacial score (nSPS) is 25.9. The number of nitrogens with one attached hydrogen (secondary N) is 1. The zero-order valence-electron chi connectivity index (χ0n) is 66.5. The van der Waals surface area contributed by atoms with Gasteiger partial charge in [-0.1, -0.05) is 346 Å². The van der Waals surface area contributed by atoms with Gasteiger partial charge in [-0.2, -0.15) is 0 Å². The first-order chi connectivity index (χ1) is 51.3. The quantitative estimate of drug-likeness (QED) is 0.0199. The third-order valence-electron chi connectivity index (χ3n) is 21.9. The van der Waals surface area contributed by atoms with E-state index in [1.54, 1.807) is 6.08 Å². The molecule has 3 heterocycles. The van der Waals surface area contributed by atoms with E-state index in [4.69, 9.17) is 28.4 Å². The zero-order chi connectivity index (χ0) is 76.0. The van der Waals surface area contributed by atoms with Gasteiger partial charge in [-0.3, -0.25) is 4.79 Å². The van der Waals surface area contributed by atoms with Crippen LogP contribution in [0.15, 0.2) is 36.5 Å². The van der Waals surface area contributed by atoms with Crippen molar-refractivity contribution in [2.75, 3.05) is 26.4 Å². The molecule has 17 unspecified atom stereocenters. The molecule has 0 spiro atoms. The Morgan fingerprint density at radius 3 is 0.952 bits per heavy atom. The third kappa shape index (κ3) is 46.0. The highest BCUT2D eigenvalue weighted by molar-refractivity contribution is 5.76. The first-order valence-electron chi connectivity index (χ1n) is 43.7. The van der Waals surface area contributed by atoms with Gasteiger partial charge in [0.15, 0.2) is 18.9 Å². The summed E-state index contributed by atoms with van der Waals surface area (Å²) in [6, 6.07) is -0.991. The Balaban J connectivity index is 1.35. The maximum absolute atomic E-state index is 13.5. The Hall–Kier alpha value is -1.99. The summed E-state index contributed by atoms with van der Waals surface area (Å²) in [5.74, 6) is -0.279. The number of aliphatic hydroxyl groups excluding tert-OH is 11. The van der Waals surface area contributed by atoms with E-state index in [1.807, 2.05) is 6.08 Å². The number of carbonyl (C=O) groups excluding carboxylic acids is 1. The molecule has 19 nitrogen and oxygen atoms in total. The molecule has 3 rings (SSSR count). The molecule has 0 aromatic carbocycles. The zero-order valence-corrected chi connectivity index (χ0v) is 66.5. The van der Waals surface area contributed by atoms with Crippen molar-refractivity contribution in [3.05, 3.63) is 36.5 Å². The fraction of sp³-hybridized carbons (Fsp3) is 0.919. The van der Waals surface area contributed by atoms with Crippen molar-refractivity contribution in [3.63, 3.8) is 0 Å². The Bertz CT molecular complexity index is 2030. The number of carbonyl (C=O) groups is 1. The number of amides is 1. The molecular formula is C86H161NO18. The summed E-state index contributed by atoms with van der Waals surface area (Å²) in [4.78, 5) is 13.5. The highest BCUT2D eigenvalue weighted by atomic mass is 16.8. The van der Waals surface area contributed by atoms with Crippen LogP contribution in [0.5, 0.6) is 0 Å². The first-order valence-corrected chi connectivity index (χ1v) is 43.7. The summed E-state index contributed by atoms with van der Waals surface area (Å²) in [5.41, 5.74) is 0. The van der Waals surface area contributed by atoms with Crippen LogP contribution in [0.1, 0.15) is 373 Å². The molecular weight excluding hydrogens is 1330 g/mol. The van der Waals surface area contributed by atoms with Crippen molar-refractivity contribution in [1.82, 2.24) is 5.32 Å². The molecule has 0 saturated carbocycles. The molecule has 3 aliphatic heterocycles. The molecule has 105 heavy (non-hydrogen) atoms. The fourth-order valence-electron chi connectivity index (χ4n) is 14.9. The van der Waals surface area contributed by atoms with Gasteiger partial charge >= 0.3 is 0 Å². The number of allylic oxidation sites excluding steroid dienone is 5. The van der Waals surface area contributed by atoms with Crippen molar-refractivity contribution in [2.24, 2.45) is 0 Å². The summed E-state index contributed by atoms with van der Waals surface area (Å²) in [7, 11) is 0. The second kappa shape index (κ2) is 66.6. The lowest BCUT2D eigenvalue weighted by Crippen LogP contribution is -2.66. The first kappa shape index (κ1) is 97.2. The minimum Gasteiger partial charge on any atom is -0.394 e. The van der Waals surface area contributed by atoms with Crippen LogP contribution in [0.4, 0.5) is 0 Å².